The molecule has 3 rings (SSSR count). The summed E-state index contributed by atoms with van der Waals surface area (Å²) in [6, 6.07) is 8.66. The lowest BCUT2D eigenvalue weighted by Crippen LogP contribution is -2.34. The molecule has 0 bridgehead atoms. The highest BCUT2D eigenvalue weighted by atomic mass is 79.9. The number of halogens is 1. The third kappa shape index (κ3) is 3.67. The molecule has 0 amide bonds. The van der Waals surface area contributed by atoms with Crippen molar-refractivity contribution in [2.75, 3.05) is 18.1 Å². The molecular weight excluding hydrogens is 350 g/mol. The standard InChI is InChI=1S/C15H18BrN3OS/c1-2-17-13-9-21-8-12(13)15-18-14(19-20-15)7-10-3-5-11(16)6-4-10/h3-6,12-13,17H,2,7-9H2,1H3. The first-order chi connectivity index (χ1) is 10.3. The molecule has 0 radical (unpaired) electrons. The van der Waals surface area contributed by atoms with E-state index in [0.717, 1.165) is 34.2 Å². The maximum atomic E-state index is 5.50. The Bertz CT molecular complexity index is 587. The zero-order chi connectivity index (χ0) is 14.7. The molecule has 2 heterocycles. The average Bonchev–Trinajstić information content (AvgIpc) is 3.11. The van der Waals surface area contributed by atoms with Crippen molar-refractivity contribution in [3.05, 3.63) is 46.0 Å². The van der Waals surface area contributed by atoms with Crippen LogP contribution in [0.2, 0.25) is 0 Å². The number of nitrogens with zero attached hydrogens (tertiary/aromatic N) is 2. The van der Waals surface area contributed by atoms with Crippen molar-refractivity contribution >= 4 is 27.7 Å². The summed E-state index contributed by atoms with van der Waals surface area (Å²) >= 11 is 5.39. The summed E-state index contributed by atoms with van der Waals surface area (Å²) in [5.74, 6) is 4.04. The van der Waals surface area contributed by atoms with Gasteiger partial charge >= 0.3 is 0 Å². The van der Waals surface area contributed by atoms with Crippen molar-refractivity contribution in [1.82, 2.24) is 15.5 Å². The summed E-state index contributed by atoms with van der Waals surface area (Å²) < 4.78 is 6.58. The molecule has 21 heavy (non-hydrogen) atoms. The van der Waals surface area contributed by atoms with Gasteiger partial charge in [-0.05, 0) is 24.2 Å². The normalized spacial score (nSPS) is 21.8. The molecule has 1 N–H and O–H groups in total. The van der Waals surface area contributed by atoms with Crippen molar-refractivity contribution in [2.24, 2.45) is 0 Å². The molecule has 1 aliphatic heterocycles. The SMILES string of the molecule is CCNC1CSCC1c1nc(Cc2ccc(Br)cc2)no1. The Morgan fingerprint density at radius 3 is 2.90 bits per heavy atom. The molecule has 1 aliphatic rings. The summed E-state index contributed by atoms with van der Waals surface area (Å²) in [6.45, 7) is 3.11. The van der Waals surface area contributed by atoms with E-state index in [1.165, 1.54) is 5.56 Å². The minimum atomic E-state index is 0.334. The van der Waals surface area contributed by atoms with E-state index >= 15 is 0 Å². The molecule has 1 fully saturated rings. The molecule has 0 spiro atoms. The van der Waals surface area contributed by atoms with Crippen LogP contribution < -0.4 is 5.32 Å². The first kappa shape index (κ1) is 15.1. The third-order valence-electron chi connectivity index (χ3n) is 3.62. The lowest BCUT2D eigenvalue weighted by atomic mass is 10.0. The van der Waals surface area contributed by atoms with Gasteiger partial charge in [0.1, 0.15) is 0 Å². The van der Waals surface area contributed by atoms with E-state index in [0.29, 0.717) is 18.4 Å². The quantitative estimate of drug-likeness (QED) is 0.878. The topological polar surface area (TPSA) is 51.0 Å². The Labute approximate surface area is 137 Å². The molecular formula is C15H18BrN3OS. The number of benzene rings is 1. The van der Waals surface area contributed by atoms with Crippen molar-refractivity contribution < 1.29 is 4.52 Å². The number of nitrogens with one attached hydrogen (secondary N) is 1. The molecule has 1 aromatic heterocycles. The first-order valence-electron chi connectivity index (χ1n) is 7.14. The Balaban J connectivity index is 1.69. The van der Waals surface area contributed by atoms with E-state index in [2.05, 4.69) is 50.4 Å². The van der Waals surface area contributed by atoms with Gasteiger partial charge in [0.05, 0.1) is 5.92 Å². The van der Waals surface area contributed by atoms with Gasteiger partial charge in [0.2, 0.25) is 5.89 Å². The van der Waals surface area contributed by atoms with Crippen LogP contribution in [0.25, 0.3) is 0 Å². The van der Waals surface area contributed by atoms with E-state index in [1.54, 1.807) is 0 Å². The monoisotopic (exact) mass is 367 g/mol. The number of aromatic nitrogens is 2. The van der Waals surface area contributed by atoms with Crippen LogP contribution >= 0.6 is 27.7 Å². The van der Waals surface area contributed by atoms with E-state index < -0.39 is 0 Å². The lowest BCUT2D eigenvalue weighted by Gasteiger charge is -2.15. The van der Waals surface area contributed by atoms with Crippen LogP contribution in [0.5, 0.6) is 0 Å². The molecule has 2 atom stereocenters. The van der Waals surface area contributed by atoms with Gasteiger partial charge in [-0.3, -0.25) is 0 Å². The fourth-order valence-corrected chi connectivity index (χ4v) is 4.17. The zero-order valence-electron chi connectivity index (χ0n) is 11.9. The largest absolute Gasteiger partial charge is 0.339 e. The Kier molecular flexibility index (Phi) is 4.98. The van der Waals surface area contributed by atoms with E-state index in [-0.39, 0.29) is 0 Å². The van der Waals surface area contributed by atoms with Gasteiger partial charge in [0.15, 0.2) is 5.82 Å². The molecule has 112 valence electrons. The molecule has 0 aliphatic carbocycles. The fourth-order valence-electron chi connectivity index (χ4n) is 2.54. The molecule has 0 saturated carbocycles. The molecule has 4 nitrogen and oxygen atoms in total. The van der Waals surface area contributed by atoms with Crippen LogP contribution in [0.15, 0.2) is 33.3 Å². The first-order valence-corrected chi connectivity index (χ1v) is 9.09. The van der Waals surface area contributed by atoms with Crippen molar-refractivity contribution in [2.45, 2.75) is 25.3 Å². The van der Waals surface area contributed by atoms with E-state index in [9.17, 15) is 0 Å². The maximum Gasteiger partial charge on any atom is 0.232 e. The molecule has 1 aromatic carbocycles. The number of thioether (sulfide) groups is 1. The van der Waals surface area contributed by atoms with Crippen LogP contribution in [-0.4, -0.2) is 34.2 Å². The molecule has 2 aromatic rings. The minimum Gasteiger partial charge on any atom is -0.339 e. The highest BCUT2D eigenvalue weighted by Crippen LogP contribution is 2.32. The van der Waals surface area contributed by atoms with Crippen LogP contribution in [0.1, 0.15) is 30.1 Å². The summed E-state index contributed by atoms with van der Waals surface area (Å²) in [6.07, 6.45) is 0.711. The summed E-state index contributed by atoms with van der Waals surface area (Å²) in [5.41, 5.74) is 1.19. The Hall–Kier alpha value is -0.850. The van der Waals surface area contributed by atoms with Gasteiger partial charge in [-0.25, -0.2) is 0 Å². The molecule has 2 unspecified atom stereocenters. The summed E-state index contributed by atoms with van der Waals surface area (Å²) in [4.78, 5) is 4.60. The van der Waals surface area contributed by atoms with Gasteiger partial charge in [-0.2, -0.15) is 16.7 Å². The molecule has 1 saturated heterocycles. The predicted molar refractivity (Wildman–Crippen MR) is 88.8 cm³/mol. The predicted octanol–water partition coefficient (Wildman–Crippen LogP) is 3.23. The molecule has 6 heteroatoms. The lowest BCUT2D eigenvalue weighted by molar-refractivity contribution is 0.338. The van der Waals surface area contributed by atoms with Gasteiger partial charge in [-0.15, -0.1) is 0 Å². The number of hydrogen-bond donors (Lipinski definition) is 1. The third-order valence-corrected chi connectivity index (χ3v) is 5.34. The van der Waals surface area contributed by atoms with Crippen molar-refractivity contribution in [1.29, 1.82) is 0 Å². The van der Waals surface area contributed by atoms with Crippen LogP contribution in [0.4, 0.5) is 0 Å². The minimum absolute atomic E-state index is 0.334. The second kappa shape index (κ2) is 6.94. The highest BCUT2D eigenvalue weighted by molar-refractivity contribution is 9.10. The van der Waals surface area contributed by atoms with Crippen molar-refractivity contribution in [3.8, 4) is 0 Å². The number of hydrogen-bond acceptors (Lipinski definition) is 5. The van der Waals surface area contributed by atoms with Gasteiger partial charge in [-0.1, -0.05) is 40.1 Å². The average molecular weight is 368 g/mol. The maximum absolute atomic E-state index is 5.50. The second-order valence-electron chi connectivity index (χ2n) is 5.16. The second-order valence-corrected chi connectivity index (χ2v) is 7.15. The number of rotatable bonds is 5. The summed E-state index contributed by atoms with van der Waals surface area (Å²) in [5, 5.41) is 7.64. The van der Waals surface area contributed by atoms with Gasteiger partial charge in [0.25, 0.3) is 0 Å². The van der Waals surface area contributed by atoms with Crippen LogP contribution in [-0.2, 0) is 6.42 Å². The smallest absolute Gasteiger partial charge is 0.232 e. The Morgan fingerprint density at radius 1 is 1.33 bits per heavy atom. The zero-order valence-corrected chi connectivity index (χ0v) is 14.3. The van der Waals surface area contributed by atoms with Crippen LogP contribution in [0.3, 0.4) is 0 Å². The van der Waals surface area contributed by atoms with Crippen molar-refractivity contribution in [3.63, 3.8) is 0 Å². The van der Waals surface area contributed by atoms with Crippen LogP contribution in [0, 0.1) is 0 Å². The van der Waals surface area contributed by atoms with E-state index in [4.69, 9.17) is 4.52 Å². The van der Waals surface area contributed by atoms with E-state index in [1.807, 2.05) is 23.9 Å². The fraction of sp³-hybridized carbons (Fsp3) is 0.467. The Morgan fingerprint density at radius 2 is 2.14 bits per heavy atom. The highest BCUT2D eigenvalue weighted by Gasteiger charge is 2.32. The number of likely N-dealkylation sites (N-methyl/N-ethyl adjacent to an activating group) is 1. The van der Waals surface area contributed by atoms with Gasteiger partial charge < -0.3 is 9.84 Å². The summed E-state index contributed by atoms with van der Waals surface area (Å²) in [7, 11) is 0. The van der Waals surface area contributed by atoms with Gasteiger partial charge in [0, 0.05) is 28.4 Å².